The normalized spacial score (nSPS) is 9.93. The molecule has 8 heteroatoms. The van der Waals surface area contributed by atoms with Crippen molar-refractivity contribution in [2.24, 2.45) is 0 Å². The summed E-state index contributed by atoms with van der Waals surface area (Å²) in [6, 6.07) is 0. The average Bonchev–Trinajstić information content (AvgIpc) is 2.48. The van der Waals surface area contributed by atoms with E-state index in [1.807, 2.05) is 0 Å². The van der Waals surface area contributed by atoms with Gasteiger partial charge < -0.3 is 10.6 Å². The summed E-state index contributed by atoms with van der Waals surface area (Å²) in [7, 11) is 0. The Morgan fingerprint density at radius 1 is 1.60 bits per heavy atom. The maximum atomic E-state index is 11.5. The second kappa shape index (κ2) is 3.50. The van der Waals surface area contributed by atoms with Crippen LogP contribution < -0.4 is 5.56 Å². The zero-order chi connectivity index (χ0) is 10.3. The summed E-state index contributed by atoms with van der Waals surface area (Å²) in [5, 5.41) is 14.9. The highest BCUT2D eigenvalue weighted by molar-refractivity contribution is 5.86. The molecule has 0 aliphatic heterocycles. The van der Waals surface area contributed by atoms with Crippen LogP contribution >= 0.6 is 0 Å². The van der Waals surface area contributed by atoms with E-state index < -0.39 is 11.5 Å². The monoisotopic (exact) mass is 212 g/mol. The fraction of sp³-hybridized carbons (Fsp3) is 0.143. The lowest BCUT2D eigenvalue weighted by Gasteiger charge is -1.94. The van der Waals surface area contributed by atoms with Crippen molar-refractivity contribution in [1.82, 2.24) is 19.6 Å². The summed E-state index contributed by atoms with van der Waals surface area (Å²) < 4.78 is 1.11. The molecule has 0 fully saturated rings. The summed E-state index contributed by atoms with van der Waals surface area (Å²) in [5.41, 5.74) is -0.999. The van der Waals surface area contributed by atoms with Crippen LogP contribution in [0.3, 0.4) is 0 Å². The summed E-state index contributed by atoms with van der Waals surface area (Å²) >= 11 is 0. The van der Waals surface area contributed by atoms with Gasteiger partial charge in [-0.15, -0.1) is 0 Å². The number of rotatable bonds is 1. The molecule has 0 aliphatic rings. The third-order valence-electron chi connectivity index (χ3n) is 1.83. The van der Waals surface area contributed by atoms with Crippen molar-refractivity contribution in [1.29, 1.82) is 0 Å². The number of carboxylic acid groups (broad SMARTS) is 1. The number of hydrogen-bond acceptors (Lipinski definition) is 4. The number of H-pyrrole nitrogens is 1. The van der Waals surface area contributed by atoms with Crippen LogP contribution in [-0.2, 0) is 0 Å². The van der Waals surface area contributed by atoms with Gasteiger partial charge in [0.15, 0.2) is 0 Å². The molecule has 0 saturated heterocycles. The fourth-order valence-corrected chi connectivity index (χ4v) is 1.16. The summed E-state index contributed by atoms with van der Waals surface area (Å²) in [6.07, 6.45) is 1.01. The maximum Gasteiger partial charge on any atom is 0.342 e. The Labute approximate surface area is 82.5 Å². The number of aryl methyl sites for hydroxylation is 1. The fourth-order valence-electron chi connectivity index (χ4n) is 1.16. The molecule has 8 nitrogen and oxygen atoms in total. The highest BCUT2D eigenvalue weighted by atomic mass is 16.4. The largest absolute Gasteiger partial charge is 0.477 e. The first-order chi connectivity index (χ1) is 6.61. The standard InChI is InChI=1S/C7H6N4O3.H2O/c1-3-9-10-7-8-2-4(6(13)14)5(12)11(3)7;/h2H,1H3,(H,8,10)(H,13,14);1H2. The number of carboxylic acids is 1. The molecule has 4 N–H and O–H groups in total. The predicted octanol–water partition coefficient (Wildman–Crippen LogP) is -1.40. The Balaban J connectivity index is 0.00000112. The van der Waals surface area contributed by atoms with Crippen LogP contribution in [0, 0.1) is 6.92 Å². The van der Waals surface area contributed by atoms with E-state index in [-0.39, 0.29) is 16.8 Å². The van der Waals surface area contributed by atoms with Crippen molar-refractivity contribution in [3.63, 3.8) is 0 Å². The number of aromatic nitrogens is 4. The molecule has 0 saturated carbocycles. The molecule has 0 amide bonds. The first-order valence-corrected chi connectivity index (χ1v) is 3.77. The zero-order valence-electron chi connectivity index (χ0n) is 7.68. The Bertz CT molecular complexity index is 570. The molecule has 2 rings (SSSR count). The highest BCUT2D eigenvalue weighted by Gasteiger charge is 2.13. The first-order valence-electron chi connectivity index (χ1n) is 3.77. The van der Waals surface area contributed by atoms with Gasteiger partial charge in [0.1, 0.15) is 11.4 Å². The second-order valence-corrected chi connectivity index (χ2v) is 2.71. The molecule has 80 valence electrons. The molecule has 0 aromatic carbocycles. The summed E-state index contributed by atoms with van der Waals surface area (Å²) in [5.74, 6) is -0.685. The minimum absolute atomic E-state index is 0. The average molecular weight is 212 g/mol. The van der Waals surface area contributed by atoms with E-state index in [9.17, 15) is 9.59 Å². The number of aromatic carboxylic acids is 1. The molecule has 0 spiro atoms. The van der Waals surface area contributed by atoms with Crippen LogP contribution in [0.4, 0.5) is 0 Å². The van der Waals surface area contributed by atoms with E-state index in [2.05, 4.69) is 15.2 Å². The van der Waals surface area contributed by atoms with E-state index in [0.29, 0.717) is 5.82 Å². The lowest BCUT2D eigenvalue weighted by Crippen LogP contribution is -2.22. The number of nitrogens with one attached hydrogen (secondary N) is 1. The first kappa shape index (κ1) is 10.9. The van der Waals surface area contributed by atoms with Crippen LogP contribution in [0.15, 0.2) is 11.0 Å². The van der Waals surface area contributed by atoms with Gasteiger partial charge in [-0.25, -0.2) is 19.3 Å². The van der Waals surface area contributed by atoms with Gasteiger partial charge in [-0.2, -0.15) is 5.10 Å². The number of fused-ring (bicyclic) bond motifs is 1. The van der Waals surface area contributed by atoms with Crippen molar-refractivity contribution < 1.29 is 15.4 Å². The predicted molar refractivity (Wildman–Crippen MR) is 48.9 cm³/mol. The number of carbonyl (C=O) groups is 1. The summed E-state index contributed by atoms with van der Waals surface area (Å²) in [4.78, 5) is 25.9. The van der Waals surface area contributed by atoms with Crippen LogP contribution in [0.5, 0.6) is 0 Å². The van der Waals surface area contributed by atoms with Crippen molar-refractivity contribution in [2.75, 3.05) is 0 Å². The van der Waals surface area contributed by atoms with Crippen LogP contribution in [0.2, 0.25) is 0 Å². The second-order valence-electron chi connectivity index (χ2n) is 2.71. The zero-order valence-corrected chi connectivity index (χ0v) is 7.68. The molecular weight excluding hydrogens is 204 g/mol. The van der Waals surface area contributed by atoms with Gasteiger partial charge in [0.05, 0.1) is 6.20 Å². The Morgan fingerprint density at radius 3 is 2.87 bits per heavy atom. The Hall–Kier alpha value is -2.22. The van der Waals surface area contributed by atoms with Gasteiger partial charge in [-0.05, 0) is 6.92 Å². The van der Waals surface area contributed by atoms with E-state index in [4.69, 9.17) is 5.11 Å². The van der Waals surface area contributed by atoms with Gasteiger partial charge in [0, 0.05) is 0 Å². The van der Waals surface area contributed by atoms with Gasteiger partial charge in [-0.1, -0.05) is 0 Å². The van der Waals surface area contributed by atoms with Crippen molar-refractivity contribution in [3.8, 4) is 0 Å². The maximum absolute atomic E-state index is 11.5. The minimum atomic E-state index is -1.29. The van der Waals surface area contributed by atoms with E-state index in [1.54, 1.807) is 6.92 Å². The van der Waals surface area contributed by atoms with E-state index in [0.717, 1.165) is 10.6 Å². The van der Waals surface area contributed by atoms with Crippen LogP contribution in [0.1, 0.15) is 16.2 Å². The molecule has 0 bridgehead atoms. The molecule has 2 aromatic heterocycles. The van der Waals surface area contributed by atoms with Gasteiger partial charge >= 0.3 is 5.97 Å². The molecule has 2 heterocycles. The molecule has 0 unspecified atom stereocenters. The highest BCUT2D eigenvalue weighted by Crippen LogP contribution is 1.96. The number of aromatic amines is 1. The van der Waals surface area contributed by atoms with Gasteiger partial charge in [0.25, 0.3) is 5.56 Å². The topological polar surface area (TPSA) is 132 Å². The lowest BCUT2D eigenvalue weighted by atomic mass is 10.3. The number of nitrogens with zero attached hydrogens (tertiary/aromatic N) is 3. The lowest BCUT2D eigenvalue weighted by molar-refractivity contribution is 0.0694. The Kier molecular flexibility index (Phi) is 2.53. The third kappa shape index (κ3) is 1.46. The van der Waals surface area contributed by atoms with Gasteiger partial charge in [0.2, 0.25) is 5.78 Å². The van der Waals surface area contributed by atoms with Crippen molar-refractivity contribution >= 4 is 11.7 Å². The minimum Gasteiger partial charge on any atom is -0.477 e. The third-order valence-corrected chi connectivity index (χ3v) is 1.83. The van der Waals surface area contributed by atoms with Crippen molar-refractivity contribution in [2.45, 2.75) is 6.92 Å². The smallest absolute Gasteiger partial charge is 0.342 e. The molecule has 15 heavy (non-hydrogen) atoms. The van der Waals surface area contributed by atoms with E-state index >= 15 is 0 Å². The molecule has 0 aliphatic carbocycles. The number of hydrogen-bond donors (Lipinski definition) is 2. The van der Waals surface area contributed by atoms with Crippen LogP contribution in [0.25, 0.3) is 5.78 Å². The van der Waals surface area contributed by atoms with Gasteiger partial charge in [-0.3, -0.25) is 4.79 Å². The molecule has 2 aromatic rings. The molecular formula is C7H8N4O4. The SMILES string of the molecule is Cc1n[nH]c2ncc(C(=O)O)c(=O)n12.O. The molecule has 0 atom stereocenters. The van der Waals surface area contributed by atoms with Crippen LogP contribution in [-0.4, -0.2) is 36.1 Å². The molecule has 0 radical (unpaired) electrons. The Morgan fingerprint density at radius 2 is 2.27 bits per heavy atom. The summed E-state index contributed by atoms with van der Waals surface area (Å²) in [6.45, 7) is 1.58. The van der Waals surface area contributed by atoms with Crippen molar-refractivity contribution in [3.05, 3.63) is 27.9 Å². The van der Waals surface area contributed by atoms with E-state index in [1.165, 1.54) is 0 Å². The quantitative estimate of drug-likeness (QED) is 0.599.